The van der Waals surface area contributed by atoms with Gasteiger partial charge in [0.05, 0.1) is 32.7 Å². The number of carbonyl (C=O) groups excluding carboxylic acids is 3. The molecule has 3 atom stereocenters. The number of fused-ring (bicyclic) bond motifs is 2. The van der Waals surface area contributed by atoms with Gasteiger partial charge in [0, 0.05) is 58.5 Å². The molecule has 3 N–H and O–H groups in total. The summed E-state index contributed by atoms with van der Waals surface area (Å²) in [7, 11) is 3.59. The van der Waals surface area contributed by atoms with Crippen LogP contribution in [-0.2, 0) is 56.1 Å². The third-order valence-electron chi connectivity index (χ3n) is 7.58. The van der Waals surface area contributed by atoms with Crippen LogP contribution in [0.5, 0.6) is 0 Å². The number of carbonyl (C=O) groups is 6. The Morgan fingerprint density at radius 2 is 0.933 bits per heavy atom. The minimum Gasteiger partial charge on any atom is -0.481 e. The van der Waals surface area contributed by atoms with Gasteiger partial charge >= 0.3 is 35.8 Å². The lowest BCUT2D eigenvalue weighted by atomic mass is 10.1. The van der Waals surface area contributed by atoms with Crippen LogP contribution in [0.15, 0.2) is 18.2 Å². The van der Waals surface area contributed by atoms with Gasteiger partial charge in [-0.25, -0.2) is 0 Å². The molecule has 0 radical (unpaired) electrons. The summed E-state index contributed by atoms with van der Waals surface area (Å²) in [6.07, 6.45) is -1.17. The summed E-state index contributed by atoms with van der Waals surface area (Å²) in [6, 6.07) is 2.26. The molecule has 0 aromatic carbocycles. The second kappa shape index (κ2) is 18.6. The van der Waals surface area contributed by atoms with Crippen molar-refractivity contribution in [3.05, 3.63) is 29.6 Å². The monoisotopic (exact) mass is 638 g/mol. The van der Waals surface area contributed by atoms with Crippen molar-refractivity contribution >= 4 is 35.8 Å². The maximum absolute atomic E-state index is 13.0. The van der Waals surface area contributed by atoms with Crippen LogP contribution in [0.3, 0.4) is 0 Å². The number of methoxy groups -OCH3 is 3. The summed E-state index contributed by atoms with van der Waals surface area (Å²) in [5.41, 5.74) is 1.05. The fourth-order valence-electron chi connectivity index (χ4n) is 5.29. The van der Waals surface area contributed by atoms with Crippen LogP contribution in [0.25, 0.3) is 0 Å². The van der Waals surface area contributed by atoms with E-state index in [2.05, 4.69) is 0 Å². The Morgan fingerprint density at radius 1 is 0.622 bits per heavy atom. The van der Waals surface area contributed by atoms with Gasteiger partial charge in [0.25, 0.3) is 0 Å². The quantitative estimate of drug-likeness (QED) is 0.173. The molecule has 0 amide bonds. The Kier molecular flexibility index (Phi) is 15.3. The van der Waals surface area contributed by atoms with E-state index in [1.54, 1.807) is 32.9 Å². The smallest absolute Gasteiger partial charge is 0.323 e. The zero-order chi connectivity index (χ0) is 33.5. The van der Waals surface area contributed by atoms with E-state index in [4.69, 9.17) is 19.2 Å². The molecule has 0 fully saturated rings. The van der Waals surface area contributed by atoms with Gasteiger partial charge in [0.1, 0.15) is 18.1 Å². The van der Waals surface area contributed by atoms with Gasteiger partial charge in [-0.05, 0) is 31.4 Å². The lowest BCUT2D eigenvalue weighted by molar-refractivity contribution is -0.151. The molecule has 16 heteroatoms. The molecule has 0 aliphatic carbocycles. The molecule has 0 saturated heterocycles. The Hall–Kier alpha value is -4.15. The van der Waals surface area contributed by atoms with E-state index in [-0.39, 0.29) is 77.8 Å². The minimum atomic E-state index is -1.12. The molecule has 0 saturated carbocycles. The van der Waals surface area contributed by atoms with Crippen molar-refractivity contribution in [1.82, 2.24) is 19.7 Å². The minimum absolute atomic E-state index is 0.0562. The number of rotatable bonds is 15. The fourth-order valence-corrected chi connectivity index (χ4v) is 5.29. The number of nitrogens with zero attached hydrogens (tertiary/aromatic N) is 4. The van der Waals surface area contributed by atoms with Crippen molar-refractivity contribution in [1.29, 1.82) is 0 Å². The summed E-state index contributed by atoms with van der Waals surface area (Å²) in [4.78, 5) is 82.8. The van der Waals surface area contributed by atoms with Crippen molar-refractivity contribution in [3.63, 3.8) is 0 Å². The topological polar surface area (TPSA) is 213 Å². The molecule has 45 heavy (non-hydrogen) atoms. The average molecular weight is 639 g/mol. The Morgan fingerprint density at radius 3 is 1.24 bits per heavy atom. The van der Waals surface area contributed by atoms with Gasteiger partial charge in [-0.15, -0.1) is 0 Å². The van der Waals surface area contributed by atoms with Crippen LogP contribution in [0.4, 0.5) is 0 Å². The fraction of sp³-hybridized carbons (Fsp3) is 0.621. The number of ether oxygens (including phenoxy) is 3. The van der Waals surface area contributed by atoms with Gasteiger partial charge in [-0.2, -0.15) is 0 Å². The van der Waals surface area contributed by atoms with Crippen LogP contribution in [0, 0.1) is 0 Å². The number of aliphatic carboxylic acids is 3. The maximum Gasteiger partial charge on any atom is 0.323 e. The van der Waals surface area contributed by atoms with Crippen LogP contribution >= 0.6 is 0 Å². The third-order valence-corrected chi connectivity index (χ3v) is 7.58. The van der Waals surface area contributed by atoms with Crippen LogP contribution in [0.2, 0.25) is 0 Å². The second-order valence-corrected chi connectivity index (χ2v) is 10.5. The van der Waals surface area contributed by atoms with Crippen LogP contribution < -0.4 is 0 Å². The molecule has 0 spiro atoms. The molecule has 3 unspecified atom stereocenters. The molecule has 1 aromatic heterocycles. The summed E-state index contributed by atoms with van der Waals surface area (Å²) in [5, 5.41) is 28.0. The zero-order valence-corrected chi connectivity index (χ0v) is 25.8. The first-order valence-corrected chi connectivity index (χ1v) is 14.5. The molecule has 1 aromatic rings. The number of hydrogen-bond donors (Lipinski definition) is 3. The number of pyridine rings is 1. The molecule has 16 nitrogen and oxygen atoms in total. The van der Waals surface area contributed by atoms with E-state index in [0.29, 0.717) is 11.4 Å². The van der Waals surface area contributed by atoms with E-state index in [1.807, 2.05) is 0 Å². The van der Waals surface area contributed by atoms with Crippen molar-refractivity contribution in [2.75, 3.05) is 47.5 Å². The summed E-state index contributed by atoms with van der Waals surface area (Å²) >= 11 is 0. The number of esters is 3. The maximum atomic E-state index is 13.0. The number of hydrogen-bond acceptors (Lipinski definition) is 13. The van der Waals surface area contributed by atoms with Gasteiger partial charge < -0.3 is 29.5 Å². The normalized spacial score (nSPS) is 17.0. The average Bonchev–Trinajstić information content (AvgIpc) is 3.00. The number of carboxylic acid groups (broad SMARTS) is 3. The first kappa shape index (κ1) is 37.0. The van der Waals surface area contributed by atoms with Gasteiger partial charge in [-0.1, -0.05) is 6.07 Å². The van der Waals surface area contributed by atoms with E-state index < -0.39 is 53.9 Å². The van der Waals surface area contributed by atoms with Crippen molar-refractivity contribution in [2.24, 2.45) is 0 Å². The van der Waals surface area contributed by atoms with Crippen LogP contribution in [0.1, 0.15) is 49.9 Å². The number of aromatic nitrogens is 1. The molecule has 1 aliphatic heterocycles. The Labute approximate surface area is 260 Å². The summed E-state index contributed by atoms with van der Waals surface area (Å²) in [6.45, 7) is 0.630. The second-order valence-electron chi connectivity index (χ2n) is 10.5. The van der Waals surface area contributed by atoms with Crippen molar-refractivity contribution in [2.45, 2.75) is 69.7 Å². The SMILES string of the molecule is COC(=O)C(CCC(=O)O)N1CCN(C(CCC(=O)O)C(=O)OC)Cc2cccc(n2)CN(C(CCC(=O)O)C(=O)OC)CC1. The Bertz CT molecular complexity index is 1130. The predicted molar refractivity (Wildman–Crippen MR) is 155 cm³/mol. The molecule has 1 aliphatic rings. The molecule has 250 valence electrons. The number of carboxylic acids is 3. The molecular weight excluding hydrogens is 596 g/mol. The van der Waals surface area contributed by atoms with Crippen LogP contribution in [-0.4, -0.2) is 136 Å². The molecule has 2 heterocycles. The highest BCUT2D eigenvalue weighted by molar-refractivity contribution is 5.78. The van der Waals surface area contributed by atoms with E-state index >= 15 is 0 Å². The predicted octanol–water partition coefficient (Wildman–Crippen LogP) is 0.220. The van der Waals surface area contributed by atoms with E-state index in [9.17, 15) is 44.1 Å². The summed E-state index contributed by atoms with van der Waals surface area (Å²) in [5.74, 6) is -5.28. The largest absolute Gasteiger partial charge is 0.481 e. The van der Waals surface area contributed by atoms with Gasteiger partial charge in [-0.3, -0.25) is 48.5 Å². The summed E-state index contributed by atoms with van der Waals surface area (Å²) < 4.78 is 15.0. The van der Waals surface area contributed by atoms with E-state index in [1.165, 1.54) is 21.3 Å². The third kappa shape index (κ3) is 12.0. The lowest BCUT2D eigenvalue weighted by Gasteiger charge is -2.37. The standard InChI is InChI=1S/C29H42N4O12/c1-43-27(40)21(7-10-24(34)35)31-13-15-32(22(28(41)44-2)8-11-25(36)37)17-19-5-4-6-20(30-19)18-33(16-14-31)23(29(42)45-3)9-12-26(38)39/h4-6,21-23H,7-18H2,1-3H3,(H,34,35)(H,36,37)(H,38,39). The van der Waals surface area contributed by atoms with Crippen molar-refractivity contribution < 1.29 is 58.3 Å². The molecular formula is C29H42N4O12. The first-order valence-electron chi connectivity index (χ1n) is 14.5. The van der Waals surface area contributed by atoms with E-state index in [0.717, 1.165) is 0 Å². The highest BCUT2D eigenvalue weighted by Gasteiger charge is 2.34. The molecule has 2 rings (SSSR count). The highest BCUT2D eigenvalue weighted by atomic mass is 16.5. The first-order chi connectivity index (χ1) is 21.4. The lowest BCUT2D eigenvalue weighted by Crippen LogP contribution is -2.52. The van der Waals surface area contributed by atoms with Crippen molar-refractivity contribution in [3.8, 4) is 0 Å². The highest BCUT2D eigenvalue weighted by Crippen LogP contribution is 2.20. The van der Waals surface area contributed by atoms with Gasteiger partial charge in [0.15, 0.2) is 0 Å². The zero-order valence-electron chi connectivity index (χ0n) is 25.8. The molecule has 2 bridgehead atoms. The van der Waals surface area contributed by atoms with Gasteiger partial charge in [0.2, 0.25) is 0 Å². The Balaban J connectivity index is 2.63.